The number of rotatable bonds is 1. The molecule has 2 nitrogen and oxygen atoms in total. The van der Waals surface area contributed by atoms with Crippen molar-refractivity contribution in [3.05, 3.63) is 11.1 Å². The van der Waals surface area contributed by atoms with Crippen molar-refractivity contribution in [2.24, 2.45) is 10.8 Å². The van der Waals surface area contributed by atoms with Crippen LogP contribution in [0.2, 0.25) is 0 Å². The van der Waals surface area contributed by atoms with E-state index in [1.807, 2.05) is 0 Å². The first-order chi connectivity index (χ1) is 8.19. The molecule has 104 valence electrons. The molecule has 0 amide bonds. The van der Waals surface area contributed by atoms with Gasteiger partial charge in [0.25, 0.3) is 0 Å². The molecule has 1 fully saturated rings. The fourth-order valence-corrected chi connectivity index (χ4v) is 3.05. The maximum Gasteiger partial charge on any atom is 0.0645 e. The molecule has 0 bridgehead atoms. The van der Waals surface area contributed by atoms with E-state index in [1.165, 1.54) is 13.0 Å². The lowest BCUT2D eigenvalue weighted by atomic mass is 9.72. The van der Waals surface area contributed by atoms with Gasteiger partial charge in [-0.15, -0.1) is 0 Å². The highest BCUT2D eigenvalue weighted by atomic mass is 16.5. The molecule has 2 rings (SSSR count). The molecule has 0 unspecified atom stereocenters. The van der Waals surface area contributed by atoms with E-state index >= 15 is 0 Å². The molecule has 0 aliphatic carbocycles. The van der Waals surface area contributed by atoms with Crippen molar-refractivity contribution in [2.45, 2.75) is 54.0 Å². The molecular weight excluding hydrogens is 222 g/mol. The summed E-state index contributed by atoms with van der Waals surface area (Å²) in [4.78, 5) is 2.62. The van der Waals surface area contributed by atoms with Crippen molar-refractivity contribution in [1.29, 1.82) is 0 Å². The molecule has 0 N–H and O–H groups in total. The Morgan fingerprint density at radius 3 is 1.89 bits per heavy atom. The summed E-state index contributed by atoms with van der Waals surface area (Å²) < 4.78 is 5.35. The summed E-state index contributed by atoms with van der Waals surface area (Å²) in [6, 6.07) is 0.670. The Kier molecular flexibility index (Phi) is 3.63. The van der Waals surface area contributed by atoms with Crippen LogP contribution in [0.1, 0.15) is 48.0 Å². The molecule has 0 saturated carbocycles. The van der Waals surface area contributed by atoms with Gasteiger partial charge in [0, 0.05) is 13.1 Å². The topological polar surface area (TPSA) is 12.5 Å². The van der Waals surface area contributed by atoms with Gasteiger partial charge in [0.1, 0.15) is 0 Å². The van der Waals surface area contributed by atoms with Crippen LogP contribution in [0.3, 0.4) is 0 Å². The van der Waals surface area contributed by atoms with Crippen LogP contribution in [-0.4, -0.2) is 37.2 Å². The third-order valence-electron chi connectivity index (χ3n) is 4.32. The summed E-state index contributed by atoms with van der Waals surface area (Å²) >= 11 is 0. The van der Waals surface area contributed by atoms with E-state index in [2.05, 4.69) is 46.4 Å². The zero-order valence-electron chi connectivity index (χ0n) is 13.0. The van der Waals surface area contributed by atoms with Crippen molar-refractivity contribution in [2.75, 3.05) is 26.3 Å². The number of hydrogen-bond donors (Lipinski definition) is 0. The van der Waals surface area contributed by atoms with Gasteiger partial charge in [-0.05, 0) is 17.3 Å². The lowest BCUT2D eigenvalue weighted by molar-refractivity contribution is -0.0648. The Labute approximate surface area is 112 Å². The van der Waals surface area contributed by atoms with Crippen molar-refractivity contribution < 1.29 is 4.74 Å². The molecule has 0 spiro atoms. The van der Waals surface area contributed by atoms with E-state index in [1.54, 1.807) is 11.1 Å². The van der Waals surface area contributed by atoms with Crippen molar-refractivity contribution in [3.8, 4) is 0 Å². The molecule has 0 aromatic rings. The third-order valence-corrected chi connectivity index (χ3v) is 4.32. The van der Waals surface area contributed by atoms with Gasteiger partial charge < -0.3 is 4.74 Å². The van der Waals surface area contributed by atoms with Crippen LogP contribution in [0.5, 0.6) is 0 Å². The quantitative estimate of drug-likeness (QED) is 0.662. The summed E-state index contributed by atoms with van der Waals surface area (Å²) in [5.41, 5.74) is 3.94. The molecule has 0 radical (unpaired) electrons. The normalized spacial score (nSPS) is 24.3. The molecular formula is C16H29NO. The molecule has 2 aliphatic heterocycles. The largest absolute Gasteiger partial charge is 0.378 e. The van der Waals surface area contributed by atoms with Crippen LogP contribution in [0, 0.1) is 10.8 Å². The van der Waals surface area contributed by atoms with Gasteiger partial charge in [-0.3, -0.25) is 4.90 Å². The molecule has 0 aromatic carbocycles. The maximum absolute atomic E-state index is 5.35. The minimum Gasteiger partial charge on any atom is -0.378 e. The number of hydrogen-bond acceptors (Lipinski definition) is 2. The SMILES string of the molecule is CC(C)(C)C1=C(C(C)(C)C)CN(C2COC2)CC1. The van der Waals surface area contributed by atoms with Crippen LogP contribution in [0.25, 0.3) is 0 Å². The average Bonchev–Trinajstić information content (AvgIpc) is 2.11. The summed E-state index contributed by atoms with van der Waals surface area (Å²) in [6.45, 7) is 18.4. The Morgan fingerprint density at radius 2 is 1.50 bits per heavy atom. The zero-order chi connectivity index (χ0) is 13.6. The summed E-state index contributed by atoms with van der Waals surface area (Å²) in [6.07, 6.45) is 1.23. The maximum atomic E-state index is 5.35. The zero-order valence-corrected chi connectivity index (χ0v) is 13.0. The van der Waals surface area contributed by atoms with E-state index in [0.29, 0.717) is 11.5 Å². The molecule has 2 aliphatic rings. The van der Waals surface area contributed by atoms with Gasteiger partial charge >= 0.3 is 0 Å². The van der Waals surface area contributed by atoms with Gasteiger partial charge in [-0.1, -0.05) is 52.7 Å². The van der Waals surface area contributed by atoms with Gasteiger partial charge in [0.05, 0.1) is 19.3 Å². The highest BCUT2D eigenvalue weighted by molar-refractivity contribution is 5.29. The van der Waals surface area contributed by atoms with Gasteiger partial charge in [-0.25, -0.2) is 0 Å². The minimum absolute atomic E-state index is 0.284. The van der Waals surface area contributed by atoms with E-state index in [4.69, 9.17) is 4.74 Å². The van der Waals surface area contributed by atoms with Gasteiger partial charge in [0.2, 0.25) is 0 Å². The van der Waals surface area contributed by atoms with E-state index < -0.39 is 0 Å². The van der Waals surface area contributed by atoms with Crippen molar-refractivity contribution >= 4 is 0 Å². The summed E-state index contributed by atoms with van der Waals surface area (Å²) in [7, 11) is 0. The standard InChI is InChI=1S/C16H29NO/c1-15(2,3)13-7-8-17(12-10-18-11-12)9-14(13)16(4,5)6/h12H,7-11H2,1-6H3. The fraction of sp³-hybridized carbons (Fsp3) is 0.875. The van der Waals surface area contributed by atoms with Crippen LogP contribution in [-0.2, 0) is 4.74 Å². The highest BCUT2D eigenvalue weighted by Crippen LogP contribution is 2.41. The summed E-state index contributed by atoms with van der Waals surface area (Å²) in [5, 5.41) is 0. The molecule has 2 heterocycles. The van der Waals surface area contributed by atoms with E-state index in [9.17, 15) is 0 Å². The number of ether oxygens (including phenoxy) is 1. The van der Waals surface area contributed by atoms with Crippen LogP contribution < -0.4 is 0 Å². The van der Waals surface area contributed by atoms with Gasteiger partial charge in [-0.2, -0.15) is 0 Å². The lowest BCUT2D eigenvalue weighted by Crippen LogP contribution is -2.52. The first-order valence-corrected chi connectivity index (χ1v) is 7.24. The Morgan fingerprint density at radius 1 is 0.944 bits per heavy atom. The minimum atomic E-state index is 0.284. The van der Waals surface area contributed by atoms with Crippen LogP contribution in [0.15, 0.2) is 11.1 Å². The monoisotopic (exact) mass is 251 g/mol. The first kappa shape index (κ1) is 14.1. The van der Waals surface area contributed by atoms with Crippen LogP contribution >= 0.6 is 0 Å². The Bertz CT molecular complexity index is 339. The number of nitrogens with zero attached hydrogens (tertiary/aromatic N) is 1. The van der Waals surface area contributed by atoms with Crippen molar-refractivity contribution in [1.82, 2.24) is 4.90 Å². The van der Waals surface area contributed by atoms with Crippen molar-refractivity contribution in [3.63, 3.8) is 0 Å². The second-order valence-electron chi connectivity index (χ2n) is 7.87. The second kappa shape index (κ2) is 4.64. The molecule has 2 heteroatoms. The smallest absolute Gasteiger partial charge is 0.0645 e. The molecule has 0 atom stereocenters. The molecule has 18 heavy (non-hydrogen) atoms. The van der Waals surface area contributed by atoms with E-state index in [0.717, 1.165) is 19.8 Å². The predicted octanol–water partition coefficient (Wildman–Crippen LogP) is 3.48. The van der Waals surface area contributed by atoms with E-state index in [-0.39, 0.29) is 5.41 Å². The Balaban J connectivity index is 2.25. The molecule has 1 saturated heterocycles. The fourth-order valence-electron chi connectivity index (χ4n) is 3.05. The van der Waals surface area contributed by atoms with Crippen LogP contribution in [0.4, 0.5) is 0 Å². The predicted molar refractivity (Wildman–Crippen MR) is 76.7 cm³/mol. The lowest BCUT2D eigenvalue weighted by Gasteiger charge is -2.45. The average molecular weight is 251 g/mol. The first-order valence-electron chi connectivity index (χ1n) is 7.24. The third kappa shape index (κ3) is 2.80. The van der Waals surface area contributed by atoms with Gasteiger partial charge in [0.15, 0.2) is 0 Å². The molecule has 0 aromatic heterocycles. The highest BCUT2D eigenvalue weighted by Gasteiger charge is 2.36. The second-order valence-corrected chi connectivity index (χ2v) is 7.87. The Hall–Kier alpha value is -0.340. The summed E-state index contributed by atoms with van der Waals surface area (Å²) in [5.74, 6) is 0.